The van der Waals surface area contributed by atoms with E-state index < -0.39 is 16.1 Å². The van der Waals surface area contributed by atoms with Crippen molar-refractivity contribution in [2.45, 2.75) is 38.1 Å². The highest BCUT2D eigenvalue weighted by Gasteiger charge is 2.25. The van der Waals surface area contributed by atoms with E-state index in [-0.39, 0.29) is 16.6 Å². The predicted molar refractivity (Wildman–Crippen MR) is 106 cm³/mol. The second kappa shape index (κ2) is 8.32. The lowest BCUT2D eigenvalue weighted by molar-refractivity contribution is 0.101. The Morgan fingerprint density at radius 1 is 1.04 bits per heavy atom. The summed E-state index contributed by atoms with van der Waals surface area (Å²) in [5.41, 5.74) is 1.16. The summed E-state index contributed by atoms with van der Waals surface area (Å²) in [7, 11) is -3.81. The van der Waals surface area contributed by atoms with Crippen molar-refractivity contribution in [3.8, 4) is 11.5 Å². The van der Waals surface area contributed by atoms with Crippen LogP contribution in [0.15, 0.2) is 47.4 Å². The molecule has 0 aromatic heterocycles. The average molecular weight is 404 g/mol. The molecule has 0 saturated carbocycles. The molecular formula is C21H25NO5S. The Morgan fingerprint density at radius 2 is 1.75 bits per heavy atom. The molecule has 0 bridgehead atoms. The molecule has 3 rings (SSSR count). The topological polar surface area (TPSA) is 81.7 Å². The van der Waals surface area contributed by atoms with E-state index in [0.717, 1.165) is 12.0 Å². The van der Waals surface area contributed by atoms with Gasteiger partial charge in [0.05, 0.1) is 18.1 Å². The minimum atomic E-state index is -3.81. The quantitative estimate of drug-likeness (QED) is 0.744. The first kappa shape index (κ1) is 20.4. The highest BCUT2D eigenvalue weighted by Crippen LogP contribution is 2.34. The zero-order chi connectivity index (χ0) is 20.3. The van der Waals surface area contributed by atoms with Gasteiger partial charge in [-0.1, -0.05) is 32.0 Å². The largest absolute Gasteiger partial charge is 0.490 e. The fourth-order valence-corrected chi connectivity index (χ4v) is 4.50. The van der Waals surface area contributed by atoms with Gasteiger partial charge >= 0.3 is 0 Å². The number of rotatable bonds is 6. The SMILES string of the molecule is CC(=O)c1cccc(S(=O)(=O)N[C@H](c2ccc3c(c2)OCCCO3)C(C)C)c1. The summed E-state index contributed by atoms with van der Waals surface area (Å²) >= 11 is 0. The molecule has 0 radical (unpaired) electrons. The molecule has 0 fully saturated rings. The average Bonchev–Trinajstić information content (AvgIpc) is 2.90. The molecule has 1 heterocycles. The minimum absolute atomic E-state index is 0.00416. The van der Waals surface area contributed by atoms with Gasteiger partial charge in [0.25, 0.3) is 0 Å². The van der Waals surface area contributed by atoms with Gasteiger partial charge in [-0.3, -0.25) is 4.79 Å². The van der Waals surface area contributed by atoms with E-state index in [2.05, 4.69) is 4.72 Å². The third-order valence-corrected chi connectivity index (χ3v) is 6.07. The Labute approximate surface area is 165 Å². The van der Waals surface area contributed by atoms with Gasteiger partial charge in [0, 0.05) is 18.0 Å². The van der Waals surface area contributed by atoms with E-state index >= 15 is 0 Å². The summed E-state index contributed by atoms with van der Waals surface area (Å²) in [6.45, 7) is 6.46. The van der Waals surface area contributed by atoms with Crippen molar-refractivity contribution < 1.29 is 22.7 Å². The van der Waals surface area contributed by atoms with Crippen LogP contribution in [0.5, 0.6) is 11.5 Å². The smallest absolute Gasteiger partial charge is 0.241 e. The summed E-state index contributed by atoms with van der Waals surface area (Å²) in [6.07, 6.45) is 0.802. The summed E-state index contributed by atoms with van der Waals surface area (Å²) in [5.74, 6) is 1.11. The molecule has 0 unspecified atom stereocenters. The molecule has 1 atom stereocenters. The molecule has 1 N–H and O–H groups in total. The van der Waals surface area contributed by atoms with E-state index in [9.17, 15) is 13.2 Å². The van der Waals surface area contributed by atoms with Crippen molar-refractivity contribution >= 4 is 15.8 Å². The number of ether oxygens (including phenoxy) is 2. The van der Waals surface area contributed by atoms with Crippen LogP contribution in [0.2, 0.25) is 0 Å². The molecule has 2 aromatic rings. The highest BCUT2D eigenvalue weighted by molar-refractivity contribution is 7.89. The second-order valence-corrected chi connectivity index (χ2v) is 8.90. The molecule has 150 valence electrons. The van der Waals surface area contributed by atoms with E-state index in [1.807, 2.05) is 32.0 Å². The molecule has 0 spiro atoms. The number of hydrogen-bond acceptors (Lipinski definition) is 5. The van der Waals surface area contributed by atoms with Gasteiger partial charge in [-0.15, -0.1) is 0 Å². The van der Waals surface area contributed by atoms with Crippen LogP contribution in [-0.2, 0) is 10.0 Å². The maximum Gasteiger partial charge on any atom is 0.241 e. The number of carbonyl (C=O) groups is 1. The fraction of sp³-hybridized carbons (Fsp3) is 0.381. The van der Waals surface area contributed by atoms with Crippen LogP contribution >= 0.6 is 0 Å². The number of sulfonamides is 1. The number of fused-ring (bicyclic) bond motifs is 1. The Kier molecular flexibility index (Phi) is 6.05. The maximum atomic E-state index is 13.0. The van der Waals surface area contributed by atoms with Gasteiger partial charge in [0.2, 0.25) is 10.0 Å². The van der Waals surface area contributed by atoms with Crippen molar-refractivity contribution in [2.75, 3.05) is 13.2 Å². The fourth-order valence-electron chi connectivity index (χ4n) is 3.08. The van der Waals surface area contributed by atoms with Crippen LogP contribution in [0.3, 0.4) is 0 Å². The van der Waals surface area contributed by atoms with Crippen LogP contribution in [-0.4, -0.2) is 27.4 Å². The van der Waals surface area contributed by atoms with E-state index in [4.69, 9.17) is 9.47 Å². The van der Waals surface area contributed by atoms with Crippen molar-refractivity contribution in [1.29, 1.82) is 0 Å². The lowest BCUT2D eigenvalue weighted by Gasteiger charge is -2.24. The monoisotopic (exact) mass is 403 g/mol. The molecule has 7 heteroatoms. The zero-order valence-electron chi connectivity index (χ0n) is 16.3. The molecule has 28 heavy (non-hydrogen) atoms. The Balaban J connectivity index is 1.92. The third-order valence-electron chi connectivity index (χ3n) is 4.63. The van der Waals surface area contributed by atoms with Gasteiger partial charge in [-0.05, 0) is 42.7 Å². The number of hydrogen-bond donors (Lipinski definition) is 1. The lowest BCUT2D eigenvalue weighted by Crippen LogP contribution is -2.32. The first-order chi connectivity index (χ1) is 13.3. The minimum Gasteiger partial charge on any atom is -0.490 e. The molecule has 0 saturated heterocycles. The Bertz CT molecular complexity index is 969. The van der Waals surface area contributed by atoms with Gasteiger partial charge < -0.3 is 9.47 Å². The number of ketones is 1. The standard InChI is InChI=1S/C21H25NO5S/c1-14(2)21(17-8-9-19-20(13-17)27-11-5-10-26-19)22-28(24,25)18-7-4-6-16(12-18)15(3)23/h4,6-9,12-14,21-22H,5,10-11H2,1-3H3/t21-/m0/s1. The molecule has 2 aromatic carbocycles. The number of nitrogens with one attached hydrogen (secondary N) is 1. The van der Waals surface area contributed by atoms with Crippen LogP contribution < -0.4 is 14.2 Å². The van der Waals surface area contributed by atoms with Crippen molar-refractivity contribution in [1.82, 2.24) is 4.72 Å². The molecule has 0 aliphatic carbocycles. The Morgan fingerprint density at radius 3 is 2.43 bits per heavy atom. The predicted octanol–water partition coefficient (Wildman–Crippen LogP) is 3.73. The van der Waals surface area contributed by atoms with E-state index in [0.29, 0.717) is 30.3 Å². The van der Waals surface area contributed by atoms with Crippen LogP contribution in [0.1, 0.15) is 49.2 Å². The number of Topliss-reactive ketones (excluding diaryl/α,β-unsaturated/α-hetero) is 1. The molecule has 6 nitrogen and oxygen atoms in total. The third kappa shape index (κ3) is 4.54. The van der Waals surface area contributed by atoms with Crippen molar-refractivity contribution in [3.05, 3.63) is 53.6 Å². The normalized spacial score (nSPS) is 15.1. The number of carbonyl (C=O) groups excluding carboxylic acids is 1. The van der Waals surface area contributed by atoms with Crippen LogP contribution in [0, 0.1) is 5.92 Å². The maximum absolute atomic E-state index is 13.0. The molecule has 0 amide bonds. The summed E-state index contributed by atoms with van der Waals surface area (Å²) in [6, 6.07) is 11.1. The van der Waals surface area contributed by atoms with Crippen molar-refractivity contribution in [2.24, 2.45) is 5.92 Å². The molecule has 1 aliphatic heterocycles. The molecular weight excluding hydrogens is 378 g/mol. The summed E-state index contributed by atoms with van der Waals surface area (Å²) < 4.78 is 40.1. The second-order valence-electron chi connectivity index (χ2n) is 7.18. The van der Waals surface area contributed by atoms with Gasteiger partial charge in [-0.25, -0.2) is 13.1 Å². The van der Waals surface area contributed by atoms with Crippen molar-refractivity contribution in [3.63, 3.8) is 0 Å². The van der Waals surface area contributed by atoms with E-state index in [1.165, 1.54) is 19.1 Å². The number of benzene rings is 2. The van der Waals surface area contributed by atoms with Gasteiger partial charge in [0.1, 0.15) is 0 Å². The highest BCUT2D eigenvalue weighted by atomic mass is 32.2. The van der Waals surface area contributed by atoms with Crippen LogP contribution in [0.25, 0.3) is 0 Å². The van der Waals surface area contributed by atoms with E-state index in [1.54, 1.807) is 12.1 Å². The first-order valence-electron chi connectivity index (χ1n) is 9.31. The van der Waals surface area contributed by atoms with Gasteiger partial charge in [0.15, 0.2) is 17.3 Å². The Hall–Kier alpha value is -2.38. The molecule has 1 aliphatic rings. The summed E-state index contributed by atoms with van der Waals surface area (Å²) in [5, 5.41) is 0. The summed E-state index contributed by atoms with van der Waals surface area (Å²) in [4.78, 5) is 11.7. The lowest BCUT2D eigenvalue weighted by atomic mass is 9.97. The first-order valence-corrected chi connectivity index (χ1v) is 10.8. The van der Waals surface area contributed by atoms with Crippen LogP contribution in [0.4, 0.5) is 0 Å². The van der Waals surface area contributed by atoms with Gasteiger partial charge in [-0.2, -0.15) is 0 Å². The zero-order valence-corrected chi connectivity index (χ0v) is 17.1.